The number of ether oxygens (including phenoxy) is 1. The lowest BCUT2D eigenvalue weighted by molar-refractivity contribution is 0.397. The number of rotatable bonds is 7. The van der Waals surface area contributed by atoms with Crippen LogP contribution in [0.25, 0.3) is 0 Å². The minimum atomic E-state index is -3.35. The summed E-state index contributed by atoms with van der Waals surface area (Å²) < 4.78 is 26.3. The summed E-state index contributed by atoms with van der Waals surface area (Å²) in [6.07, 6.45) is 2.22. The Balaban J connectivity index is 2.22. The van der Waals surface area contributed by atoms with E-state index in [4.69, 9.17) is 9.88 Å². The molecule has 0 fully saturated rings. The van der Waals surface area contributed by atoms with E-state index in [1.54, 1.807) is 19.4 Å². The predicted octanol–water partition coefficient (Wildman–Crippen LogP) is -0.142. The topological polar surface area (TPSA) is 94.3 Å². The third-order valence-corrected chi connectivity index (χ3v) is 2.98. The molecule has 0 saturated heterocycles. The van der Waals surface area contributed by atoms with Gasteiger partial charge in [0.2, 0.25) is 15.9 Å². The van der Waals surface area contributed by atoms with Gasteiger partial charge in [0.1, 0.15) is 0 Å². The summed E-state index contributed by atoms with van der Waals surface area (Å²) in [7, 11) is -1.78. The van der Waals surface area contributed by atoms with E-state index >= 15 is 0 Å². The summed E-state index contributed by atoms with van der Waals surface area (Å²) in [6.45, 7) is 1.24. The van der Waals surface area contributed by atoms with Gasteiger partial charge in [-0.1, -0.05) is 6.07 Å². The van der Waals surface area contributed by atoms with Gasteiger partial charge in [0.15, 0.2) is 0 Å². The number of pyridine rings is 1. The van der Waals surface area contributed by atoms with Gasteiger partial charge in [-0.3, -0.25) is 0 Å². The SMILES string of the molecule is COc1ccc(CNCCCS(N)(=O)=O)cn1. The van der Waals surface area contributed by atoms with Gasteiger partial charge < -0.3 is 10.1 Å². The Morgan fingerprint density at radius 3 is 2.76 bits per heavy atom. The Kier molecular flexibility index (Phi) is 5.33. The van der Waals surface area contributed by atoms with Crippen LogP contribution in [0, 0.1) is 0 Å². The van der Waals surface area contributed by atoms with E-state index in [1.165, 1.54) is 0 Å². The summed E-state index contributed by atoms with van der Waals surface area (Å²) in [6, 6.07) is 3.68. The van der Waals surface area contributed by atoms with Crippen molar-refractivity contribution in [1.82, 2.24) is 10.3 Å². The Bertz CT molecular complexity index is 431. The first-order valence-corrected chi connectivity index (χ1v) is 6.93. The van der Waals surface area contributed by atoms with E-state index in [0.29, 0.717) is 25.4 Å². The fourth-order valence-electron chi connectivity index (χ4n) is 1.27. The van der Waals surface area contributed by atoms with Crippen molar-refractivity contribution in [3.8, 4) is 5.88 Å². The maximum atomic E-state index is 10.7. The molecular weight excluding hydrogens is 242 g/mol. The summed E-state index contributed by atoms with van der Waals surface area (Å²) in [5.41, 5.74) is 1.02. The molecule has 0 amide bonds. The van der Waals surface area contributed by atoms with E-state index in [1.807, 2.05) is 6.07 Å². The van der Waals surface area contributed by atoms with Crippen LogP contribution >= 0.6 is 0 Å². The Labute approximate surface area is 101 Å². The largest absolute Gasteiger partial charge is 0.481 e. The summed E-state index contributed by atoms with van der Waals surface area (Å²) in [4.78, 5) is 4.06. The average molecular weight is 259 g/mol. The van der Waals surface area contributed by atoms with Crippen LogP contribution in [0.2, 0.25) is 0 Å². The molecule has 1 rings (SSSR count). The minimum absolute atomic E-state index is 0.000856. The van der Waals surface area contributed by atoms with Crippen LogP contribution in [0.4, 0.5) is 0 Å². The zero-order chi connectivity index (χ0) is 12.7. The van der Waals surface area contributed by atoms with Gasteiger partial charge in [-0.05, 0) is 18.5 Å². The van der Waals surface area contributed by atoms with Crippen LogP contribution in [0.15, 0.2) is 18.3 Å². The number of hydrogen-bond acceptors (Lipinski definition) is 5. The molecule has 0 aromatic carbocycles. The first-order valence-electron chi connectivity index (χ1n) is 5.21. The molecule has 0 saturated carbocycles. The van der Waals surface area contributed by atoms with Gasteiger partial charge in [-0.25, -0.2) is 18.5 Å². The Hall–Kier alpha value is -1.18. The molecule has 1 heterocycles. The number of sulfonamides is 1. The van der Waals surface area contributed by atoms with E-state index in [0.717, 1.165) is 5.56 Å². The molecule has 3 N–H and O–H groups in total. The van der Waals surface area contributed by atoms with Crippen molar-refractivity contribution in [3.05, 3.63) is 23.9 Å². The van der Waals surface area contributed by atoms with Crippen molar-refractivity contribution in [2.24, 2.45) is 5.14 Å². The van der Waals surface area contributed by atoms with Gasteiger partial charge in [0, 0.05) is 18.8 Å². The number of hydrogen-bond donors (Lipinski definition) is 2. The lowest BCUT2D eigenvalue weighted by Gasteiger charge is -2.04. The van der Waals surface area contributed by atoms with Crippen LogP contribution in [-0.4, -0.2) is 32.8 Å². The summed E-state index contributed by atoms with van der Waals surface area (Å²) in [5.74, 6) is 0.573. The van der Waals surface area contributed by atoms with Crippen molar-refractivity contribution < 1.29 is 13.2 Å². The van der Waals surface area contributed by atoms with E-state index in [9.17, 15) is 8.42 Å². The molecule has 0 aliphatic carbocycles. The number of aromatic nitrogens is 1. The van der Waals surface area contributed by atoms with Gasteiger partial charge in [0.05, 0.1) is 12.9 Å². The quantitative estimate of drug-likeness (QED) is 0.665. The standard InChI is InChI=1S/C10H17N3O3S/c1-16-10-4-3-9(8-13-10)7-12-5-2-6-17(11,14)15/h3-4,8,12H,2,5-7H2,1H3,(H2,11,14,15). The maximum absolute atomic E-state index is 10.7. The Morgan fingerprint density at radius 1 is 1.47 bits per heavy atom. The monoisotopic (exact) mass is 259 g/mol. The van der Waals surface area contributed by atoms with Gasteiger partial charge >= 0.3 is 0 Å². The second-order valence-electron chi connectivity index (χ2n) is 3.61. The molecular formula is C10H17N3O3S. The molecule has 0 bridgehead atoms. The van der Waals surface area contributed by atoms with Gasteiger partial charge in [0.25, 0.3) is 0 Å². The summed E-state index contributed by atoms with van der Waals surface area (Å²) in [5, 5.41) is 7.99. The maximum Gasteiger partial charge on any atom is 0.212 e. The first kappa shape index (κ1) is 13.9. The fraction of sp³-hybridized carbons (Fsp3) is 0.500. The molecule has 0 radical (unpaired) electrons. The van der Waals surface area contributed by atoms with Crippen molar-refractivity contribution >= 4 is 10.0 Å². The molecule has 1 aromatic rings. The fourth-order valence-corrected chi connectivity index (χ4v) is 1.81. The van der Waals surface area contributed by atoms with E-state index in [2.05, 4.69) is 10.3 Å². The lowest BCUT2D eigenvalue weighted by Crippen LogP contribution is -2.22. The van der Waals surface area contributed by atoms with E-state index < -0.39 is 10.0 Å². The number of nitrogens with zero attached hydrogens (tertiary/aromatic N) is 1. The second kappa shape index (κ2) is 6.53. The smallest absolute Gasteiger partial charge is 0.212 e. The normalized spacial score (nSPS) is 11.4. The molecule has 0 aliphatic rings. The molecule has 17 heavy (non-hydrogen) atoms. The Morgan fingerprint density at radius 2 is 2.24 bits per heavy atom. The highest BCUT2D eigenvalue weighted by Crippen LogP contribution is 2.05. The van der Waals surface area contributed by atoms with Crippen LogP contribution in [0.5, 0.6) is 5.88 Å². The third-order valence-electron chi connectivity index (χ3n) is 2.12. The highest BCUT2D eigenvalue weighted by atomic mass is 32.2. The number of nitrogens with two attached hydrogens (primary N) is 1. The molecule has 6 nitrogen and oxygen atoms in total. The third kappa shape index (κ3) is 6.20. The van der Waals surface area contributed by atoms with Gasteiger partial charge in [-0.15, -0.1) is 0 Å². The number of primary sulfonamides is 1. The molecule has 0 unspecified atom stereocenters. The second-order valence-corrected chi connectivity index (χ2v) is 5.34. The van der Waals surface area contributed by atoms with Crippen molar-refractivity contribution in [3.63, 3.8) is 0 Å². The molecule has 0 aliphatic heterocycles. The highest BCUT2D eigenvalue weighted by molar-refractivity contribution is 7.89. The molecule has 7 heteroatoms. The van der Waals surface area contributed by atoms with Crippen LogP contribution < -0.4 is 15.2 Å². The van der Waals surface area contributed by atoms with Gasteiger partial charge in [-0.2, -0.15) is 0 Å². The number of nitrogens with one attached hydrogen (secondary N) is 1. The molecule has 1 aromatic heterocycles. The number of methoxy groups -OCH3 is 1. The first-order chi connectivity index (χ1) is 8.01. The lowest BCUT2D eigenvalue weighted by atomic mass is 10.3. The van der Waals surface area contributed by atoms with Crippen LogP contribution in [-0.2, 0) is 16.6 Å². The van der Waals surface area contributed by atoms with E-state index in [-0.39, 0.29) is 5.75 Å². The zero-order valence-corrected chi connectivity index (χ0v) is 10.5. The molecule has 0 spiro atoms. The molecule has 0 atom stereocenters. The minimum Gasteiger partial charge on any atom is -0.481 e. The zero-order valence-electron chi connectivity index (χ0n) is 9.72. The van der Waals surface area contributed by atoms with Crippen molar-refractivity contribution in [1.29, 1.82) is 0 Å². The predicted molar refractivity (Wildman–Crippen MR) is 65.1 cm³/mol. The average Bonchev–Trinajstić information content (AvgIpc) is 2.28. The summed E-state index contributed by atoms with van der Waals surface area (Å²) >= 11 is 0. The van der Waals surface area contributed by atoms with Crippen molar-refractivity contribution in [2.45, 2.75) is 13.0 Å². The van der Waals surface area contributed by atoms with Crippen LogP contribution in [0.3, 0.4) is 0 Å². The van der Waals surface area contributed by atoms with Crippen LogP contribution in [0.1, 0.15) is 12.0 Å². The van der Waals surface area contributed by atoms with Crippen molar-refractivity contribution in [2.75, 3.05) is 19.4 Å². The molecule has 96 valence electrons. The highest BCUT2D eigenvalue weighted by Gasteiger charge is 2.01.